The second kappa shape index (κ2) is 6.41. The molecule has 0 radical (unpaired) electrons. The molecule has 0 spiro atoms. The first-order valence-electron chi connectivity index (χ1n) is 6.56. The second-order valence-electron chi connectivity index (χ2n) is 4.94. The summed E-state index contributed by atoms with van der Waals surface area (Å²) in [6, 6.07) is 1.35. The summed E-state index contributed by atoms with van der Waals surface area (Å²) in [6.07, 6.45) is 7.95. The highest BCUT2D eigenvalue weighted by Gasteiger charge is 2.33. The zero-order valence-corrected chi connectivity index (χ0v) is 12.2. The van der Waals surface area contributed by atoms with E-state index < -0.39 is 11.7 Å². The molecular formula is C13H19FN4OS. The number of amides is 1. The van der Waals surface area contributed by atoms with Gasteiger partial charge in [-0.25, -0.2) is 15.2 Å². The molecule has 2 rings (SSSR count). The van der Waals surface area contributed by atoms with Crippen LogP contribution in [0.4, 0.5) is 10.2 Å². The van der Waals surface area contributed by atoms with E-state index in [4.69, 9.17) is 5.84 Å². The molecule has 0 aromatic carbocycles. The van der Waals surface area contributed by atoms with Crippen molar-refractivity contribution in [2.24, 2.45) is 5.84 Å². The van der Waals surface area contributed by atoms with E-state index in [1.54, 1.807) is 11.8 Å². The summed E-state index contributed by atoms with van der Waals surface area (Å²) in [4.78, 5) is 15.8. The number of nitrogen functional groups attached to an aromatic ring is 1. The van der Waals surface area contributed by atoms with Gasteiger partial charge in [-0.05, 0) is 25.2 Å². The van der Waals surface area contributed by atoms with E-state index in [0.29, 0.717) is 6.54 Å². The Morgan fingerprint density at radius 2 is 2.25 bits per heavy atom. The number of nitrogens with two attached hydrogens (primary N) is 1. The molecule has 0 saturated heterocycles. The molecular weight excluding hydrogens is 279 g/mol. The molecule has 20 heavy (non-hydrogen) atoms. The minimum atomic E-state index is -0.725. The number of hydrogen-bond donors (Lipinski definition) is 3. The predicted octanol–water partition coefficient (Wildman–Crippen LogP) is 1.91. The van der Waals surface area contributed by atoms with Crippen molar-refractivity contribution in [2.45, 2.75) is 30.4 Å². The van der Waals surface area contributed by atoms with Crippen LogP contribution in [0, 0.1) is 5.82 Å². The Hall–Kier alpha value is -1.34. The minimum Gasteiger partial charge on any atom is -0.351 e. The summed E-state index contributed by atoms with van der Waals surface area (Å²) < 4.78 is 14.0. The molecule has 1 aliphatic rings. The fourth-order valence-electron chi connectivity index (χ4n) is 2.53. The Balaban J connectivity index is 2.05. The summed E-state index contributed by atoms with van der Waals surface area (Å²) >= 11 is 1.78. The smallest absolute Gasteiger partial charge is 0.254 e. The number of pyridine rings is 1. The number of carbonyl (C=O) groups excluding carboxylic acids is 1. The molecule has 5 nitrogen and oxygen atoms in total. The van der Waals surface area contributed by atoms with E-state index >= 15 is 0 Å². The first-order valence-corrected chi connectivity index (χ1v) is 7.79. The summed E-state index contributed by atoms with van der Waals surface area (Å²) in [6.45, 7) is 0.556. The van der Waals surface area contributed by atoms with E-state index in [1.165, 1.54) is 25.1 Å². The number of aromatic nitrogens is 1. The largest absolute Gasteiger partial charge is 0.351 e. The molecule has 0 aliphatic heterocycles. The summed E-state index contributed by atoms with van der Waals surface area (Å²) in [5.74, 6) is 3.87. The second-order valence-corrected chi connectivity index (χ2v) is 6.22. The average molecular weight is 298 g/mol. The van der Waals surface area contributed by atoms with Crippen molar-refractivity contribution in [3.8, 4) is 0 Å². The van der Waals surface area contributed by atoms with Crippen LogP contribution in [0.25, 0.3) is 0 Å². The number of hydrazine groups is 1. The molecule has 0 bridgehead atoms. The van der Waals surface area contributed by atoms with Crippen LogP contribution in [0.15, 0.2) is 12.3 Å². The van der Waals surface area contributed by atoms with E-state index in [9.17, 15) is 9.18 Å². The highest BCUT2D eigenvalue weighted by atomic mass is 32.2. The monoisotopic (exact) mass is 298 g/mol. The van der Waals surface area contributed by atoms with Crippen molar-refractivity contribution in [3.63, 3.8) is 0 Å². The van der Waals surface area contributed by atoms with Crippen LogP contribution in [0.1, 0.15) is 36.0 Å². The summed E-state index contributed by atoms with van der Waals surface area (Å²) in [5, 5.41) is 2.83. The maximum Gasteiger partial charge on any atom is 0.254 e. The van der Waals surface area contributed by atoms with E-state index in [0.717, 1.165) is 12.8 Å². The number of rotatable bonds is 5. The minimum absolute atomic E-state index is 0.0396. The predicted molar refractivity (Wildman–Crippen MR) is 79.1 cm³/mol. The van der Waals surface area contributed by atoms with E-state index in [2.05, 4.69) is 22.0 Å². The van der Waals surface area contributed by atoms with Crippen LogP contribution in [0.2, 0.25) is 0 Å². The number of anilines is 1. The van der Waals surface area contributed by atoms with E-state index in [-0.39, 0.29) is 16.1 Å². The van der Waals surface area contributed by atoms with Crippen LogP contribution in [0.5, 0.6) is 0 Å². The van der Waals surface area contributed by atoms with Crippen molar-refractivity contribution >= 4 is 23.5 Å². The van der Waals surface area contributed by atoms with Crippen LogP contribution < -0.4 is 16.6 Å². The molecule has 1 fully saturated rings. The fourth-order valence-corrected chi connectivity index (χ4v) is 3.44. The van der Waals surface area contributed by atoms with Crippen molar-refractivity contribution in [1.29, 1.82) is 0 Å². The zero-order chi connectivity index (χ0) is 14.6. The molecule has 1 amide bonds. The molecule has 4 N–H and O–H groups in total. The van der Waals surface area contributed by atoms with E-state index in [1.807, 2.05) is 0 Å². The van der Waals surface area contributed by atoms with Crippen LogP contribution in [-0.2, 0) is 0 Å². The first kappa shape index (κ1) is 15.1. The van der Waals surface area contributed by atoms with Crippen molar-refractivity contribution in [3.05, 3.63) is 23.6 Å². The third kappa shape index (κ3) is 3.04. The van der Waals surface area contributed by atoms with Gasteiger partial charge in [0, 0.05) is 17.5 Å². The van der Waals surface area contributed by atoms with Gasteiger partial charge in [-0.1, -0.05) is 12.8 Å². The normalized spacial score (nSPS) is 16.9. The third-order valence-electron chi connectivity index (χ3n) is 3.79. The Labute approximate surface area is 121 Å². The topological polar surface area (TPSA) is 80.0 Å². The number of thioether (sulfide) groups is 1. The molecule has 7 heteroatoms. The first-order chi connectivity index (χ1) is 9.62. The number of carbonyl (C=O) groups is 1. The Bertz CT molecular complexity index is 491. The SMILES string of the molecule is CSC1(CNC(=O)c2ccnc(NN)c2F)CCCC1. The summed E-state index contributed by atoms with van der Waals surface area (Å²) in [5.41, 5.74) is 2.10. The quantitative estimate of drug-likeness (QED) is 0.571. The maximum absolute atomic E-state index is 13.9. The standard InChI is InChI=1S/C13H19FN4OS/c1-20-13(5-2-3-6-13)8-17-12(19)9-4-7-16-11(18-15)10(9)14/h4,7H,2-3,5-6,8,15H2,1H3,(H,16,18)(H,17,19). The van der Waals surface area contributed by atoms with Crippen molar-refractivity contribution in [2.75, 3.05) is 18.2 Å². The Morgan fingerprint density at radius 1 is 1.55 bits per heavy atom. The average Bonchev–Trinajstić information content (AvgIpc) is 2.94. The van der Waals surface area contributed by atoms with Crippen molar-refractivity contribution in [1.82, 2.24) is 10.3 Å². The van der Waals surface area contributed by atoms with Gasteiger partial charge in [0.2, 0.25) is 0 Å². The van der Waals surface area contributed by atoms with Gasteiger partial charge in [0.05, 0.1) is 5.56 Å². The lowest BCUT2D eigenvalue weighted by atomic mass is 10.1. The molecule has 1 saturated carbocycles. The molecule has 110 valence electrons. The van der Waals surface area contributed by atoms with Gasteiger partial charge < -0.3 is 10.7 Å². The van der Waals surface area contributed by atoms with Gasteiger partial charge in [0.15, 0.2) is 11.6 Å². The number of nitrogens with one attached hydrogen (secondary N) is 2. The Kier molecular flexibility index (Phi) is 4.82. The van der Waals surface area contributed by atoms with Gasteiger partial charge in [-0.3, -0.25) is 4.79 Å². The lowest BCUT2D eigenvalue weighted by Gasteiger charge is -2.26. The lowest BCUT2D eigenvalue weighted by Crippen LogP contribution is -2.38. The number of hydrogen-bond acceptors (Lipinski definition) is 5. The highest BCUT2D eigenvalue weighted by Crippen LogP contribution is 2.39. The zero-order valence-electron chi connectivity index (χ0n) is 11.4. The number of halogens is 1. The van der Waals surface area contributed by atoms with Crippen LogP contribution >= 0.6 is 11.8 Å². The Morgan fingerprint density at radius 3 is 2.85 bits per heavy atom. The summed E-state index contributed by atoms with van der Waals surface area (Å²) in [7, 11) is 0. The van der Waals surface area contributed by atoms with Crippen LogP contribution in [-0.4, -0.2) is 28.4 Å². The lowest BCUT2D eigenvalue weighted by molar-refractivity contribution is 0.0945. The molecule has 1 aromatic rings. The maximum atomic E-state index is 13.9. The van der Waals surface area contributed by atoms with Gasteiger partial charge >= 0.3 is 0 Å². The van der Waals surface area contributed by atoms with Crippen molar-refractivity contribution < 1.29 is 9.18 Å². The van der Waals surface area contributed by atoms with Gasteiger partial charge in [-0.2, -0.15) is 11.8 Å². The van der Waals surface area contributed by atoms with Gasteiger partial charge in [0.25, 0.3) is 5.91 Å². The molecule has 1 aliphatic carbocycles. The third-order valence-corrected chi connectivity index (χ3v) is 5.21. The highest BCUT2D eigenvalue weighted by molar-refractivity contribution is 8.00. The molecule has 0 unspecified atom stereocenters. The molecule has 1 heterocycles. The van der Waals surface area contributed by atoms with Crippen LogP contribution in [0.3, 0.4) is 0 Å². The number of nitrogens with zero attached hydrogens (tertiary/aromatic N) is 1. The van der Waals surface area contributed by atoms with Gasteiger partial charge in [0.1, 0.15) is 0 Å². The molecule has 0 atom stereocenters. The fraction of sp³-hybridized carbons (Fsp3) is 0.538. The van der Waals surface area contributed by atoms with Gasteiger partial charge in [-0.15, -0.1) is 0 Å². The molecule has 1 aromatic heterocycles.